The smallest absolute Gasteiger partial charge is 0.425 e. The molecular weight excluding hydrogens is 925 g/mol. The quantitative estimate of drug-likeness (QED) is 0.0284. The number of carbonyl (C=O) groups excluding carboxylic acids is 2. The lowest BCUT2D eigenvalue weighted by atomic mass is 10.1. The number of nitrogens with zero attached hydrogens (tertiary/aromatic N) is 10. The Morgan fingerprint density at radius 2 is 1.58 bits per heavy atom. The van der Waals surface area contributed by atoms with Gasteiger partial charge in [-0.1, -0.05) is 42.2 Å². The average Bonchev–Trinajstić information content (AvgIpc) is 3.80. The van der Waals surface area contributed by atoms with Crippen LogP contribution in [0.4, 0.5) is 33.6 Å². The molecule has 6 rings (SSSR count). The molecule has 0 atom stereocenters. The Labute approximate surface area is 370 Å². The van der Waals surface area contributed by atoms with Crippen LogP contribution in [-0.2, 0) is 30.3 Å². The third kappa shape index (κ3) is 13.6. The zero-order chi connectivity index (χ0) is 47.1. The van der Waals surface area contributed by atoms with Gasteiger partial charge in [0, 0.05) is 11.5 Å². The van der Waals surface area contributed by atoms with Gasteiger partial charge in [0.15, 0.2) is 21.5 Å². The van der Waals surface area contributed by atoms with Gasteiger partial charge in [-0.25, -0.2) is 4.79 Å². The number of aromatic carboxylic acids is 1. The summed E-state index contributed by atoms with van der Waals surface area (Å²) in [6, 6.07) is 15.2. The molecule has 2 aromatic heterocycles. The van der Waals surface area contributed by atoms with Gasteiger partial charge < -0.3 is 25.2 Å². The minimum absolute atomic E-state index is 0.00613. The maximum Gasteiger partial charge on any atom is 0.425 e. The van der Waals surface area contributed by atoms with Gasteiger partial charge in [-0.15, -0.1) is 48.4 Å². The van der Waals surface area contributed by atoms with Gasteiger partial charge in [-0.05, 0) is 79.4 Å². The van der Waals surface area contributed by atoms with E-state index in [0.29, 0.717) is 32.8 Å². The molecule has 24 nitrogen and oxygen atoms in total. The van der Waals surface area contributed by atoms with Gasteiger partial charge in [0.05, 0.1) is 29.4 Å². The van der Waals surface area contributed by atoms with Crippen molar-refractivity contribution in [3.05, 3.63) is 77.5 Å². The maximum atomic E-state index is 11.5. The fourth-order valence-electron chi connectivity index (χ4n) is 5.22. The normalized spacial score (nSPS) is 11.3. The van der Waals surface area contributed by atoms with Crippen molar-refractivity contribution in [1.82, 2.24) is 20.0 Å². The van der Waals surface area contributed by atoms with Crippen molar-refractivity contribution < 1.29 is 65.1 Å². The molecule has 6 aromatic rings. The van der Waals surface area contributed by atoms with Crippen molar-refractivity contribution in [2.75, 3.05) is 18.1 Å². The van der Waals surface area contributed by atoms with E-state index in [1.165, 1.54) is 47.4 Å². The molecule has 0 aliphatic heterocycles. The standard InChI is InChI=1S/C35H32N10O9S3.CO2.O3S/c1-4-55-35-43-42-34(56-35)41-38-25-17-28(54-13-6-14-57(51,52)53)26(15-18(25)2)39-37-24-12-9-20-16-21(10-11-22(20)30(24)46)36-40-29-19(3)44-45(32(29)48)27-8-5-7-23(31(27)47)33(49)50;2-1-3;1-4(2)3/h5,7-12,15-17,46-48H,4,6,13-14H2,1-3H3,(H,49,50)(H,51,52,53);;. The number of azo groups is 3. The highest BCUT2D eigenvalue weighted by atomic mass is 32.2. The van der Waals surface area contributed by atoms with Crippen molar-refractivity contribution in [2.45, 2.75) is 31.5 Å². The summed E-state index contributed by atoms with van der Waals surface area (Å²) in [5, 5.41) is 80.9. The highest BCUT2D eigenvalue weighted by molar-refractivity contribution is 8.01. The Morgan fingerprint density at radius 3 is 2.25 bits per heavy atom. The summed E-state index contributed by atoms with van der Waals surface area (Å²) in [6.45, 7) is 5.25. The van der Waals surface area contributed by atoms with Crippen LogP contribution in [0.2, 0.25) is 0 Å². The molecule has 0 fully saturated rings. The summed E-state index contributed by atoms with van der Waals surface area (Å²) in [4.78, 5) is 27.7. The number of carbonyl (C=O) groups is 1. The second-order valence-electron chi connectivity index (χ2n) is 12.3. The zero-order valence-corrected chi connectivity index (χ0v) is 36.4. The predicted octanol–water partition coefficient (Wildman–Crippen LogP) is 7.74. The lowest BCUT2D eigenvalue weighted by Crippen LogP contribution is -2.08. The van der Waals surface area contributed by atoms with Crippen LogP contribution < -0.4 is 4.74 Å². The topological polar surface area (TPSA) is 365 Å². The first-order valence-corrected chi connectivity index (χ1v) is 22.1. The molecule has 0 unspecified atom stereocenters. The van der Waals surface area contributed by atoms with E-state index in [1.54, 1.807) is 50.2 Å². The van der Waals surface area contributed by atoms with Gasteiger partial charge in [0.1, 0.15) is 28.4 Å². The van der Waals surface area contributed by atoms with E-state index in [1.807, 2.05) is 6.92 Å². The molecular formula is C36H32N10O14S4. The van der Waals surface area contributed by atoms with Crippen LogP contribution in [0.5, 0.6) is 23.1 Å². The number of thioether (sulfide) groups is 1. The Morgan fingerprint density at radius 1 is 0.891 bits per heavy atom. The molecule has 0 bridgehead atoms. The molecule has 0 spiro atoms. The van der Waals surface area contributed by atoms with Crippen LogP contribution in [-0.4, -0.2) is 96.2 Å². The van der Waals surface area contributed by atoms with E-state index in [-0.39, 0.29) is 64.7 Å². The second-order valence-corrected chi connectivity index (χ2v) is 16.7. The van der Waals surface area contributed by atoms with Crippen molar-refractivity contribution in [2.24, 2.45) is 30.7 Å². The number of hydrogen-bond acceptors (Lipinski definition) is 23. The van der Waals surface area contributed by atoms with Gasteiger partial charge >= 0.3 is 22.7 Å². The maximum absolute atomic E-state index is 11.5. The van der Waals surface area contributed by atoms with E-state index in [2.05, 4.69) is 46.0 Å². The Hall–Kier alpha value is -7.36. The van der Waals surface area contributed by atoms with Crippen LogP contribution in [0.25, 0.3) is 16.5 Å². The first-order valence-electron chi connectivity index (χ1n) is 17.7. The number of phenols is 2. The number of aromatic hydroxyl groups is 3. The van der Waals surface area contributed by atoms with Crippen molar-refractivity contribution in [1.29, 1.82) is 0 Å². The molecule has 5 N–H and O–H groups in total. The largest absolute Gasteiger partial charge is 0.505 e. The third-order valence-corrected chi connectivity index (χ3v) is 10.6. The summed E-state index contributed by atoms with van der Waals surface area (Å²) < 4.78 is 64.5. The van der Waals surface area contributed by atoms with E-state index < -0.39 is 44.1 Å². The van der Waals surface area contributed by atoms with Crippen LogP contribution in [0, 0.1) is 13.8 Å². The fourth-order valence-corrected chi connectivity index (χ4v) is 7.26. The number of hydrogen-bond donors (Lipinski definition) is 5. The molecule has 2 heterocycles. The van der Waals surface area contributed by atoms with Crippen molar-refractivity contribution in [3.8, 4) is 28.8 Å². The fraction of sp³-hybridized carbons (Fsp3) is 0.194. The summed E-state index contributed by atoms with van der Waals surface area (Å²) in [5.41, 5.74) is 1.59. The zero-order valence-electron chi connectivity index (χ0n) is 33.1. The van der Waals surface area contributed by atoms with Crippen LogP contribution in [0.3, 0.4) is 0 Å². The first kappa shape index (κ1) is 49.3. The summed E-state index contributed by atoms with van der Waals surface area (Å²) in [6.07, 6.45) is 0.244. The van der Waals surface area contributed by atoms with Crippen molar-refractivity contribution >= 4 is 100 Å². The third-order valence-electron chi connectivity index (χ3n) is 7.95. The Balaban J connectivity index is 0.00000120. The number of fused-ring (bicyclic) bond motifs is 1. The van der Waals surface area contributed by atoms with Gasteiger partial charge in [0.25, 0.3) is 15.2 Å². The molecule has 0 amide bonds. The number of rotatable bonds is 15. The SMILES string of the molecule is CCSc1nnc(N=Nc2cc(OCCCS(=O)(=O)O)c(N=Nc3ccc4cc(N=Nc5c(C)nn(-c6cccc(C(=O)O)c6O)c5O)ccc4c3O)cc2C)s1.O=C=O.O=S(=O)=O. The number of aryl methyl sites for hydroxylation is 2. The summed E-state index contributed by atoms with van der Waals surface area (Å²) in [7, 11) is -7.31. The molecule has 334 valence electrons. The van der Waals surface area contributed by atoms with E-state index in [0.717, 1.165) is 14.8 Å². The molecule has 0 saturated heterocycles. The average molecular weight is 957 g/mol. The van der Waals surface area contributed by atoms with E-state index >= 15 is 0 Å². The number of phenolic OH excluding ortho intramolecular Hbond substituents is 1. The number of ether oxygens (including phenoxy) is 1. The lowest BCUT2D eigenvalue weighted by molar-refractivity contribution is -0.191. The van der Waals surface area contributed by atoms with Crippen LogP contribution in [0.1, 0.15) is 35.0 Å². The number of benzene rings is 4. The minimum Gasteiger partial charge on any atom is -0.505 e. The Bertz CT molecular complexity index is 3040. The highest BCUT2D eigenvalue weighted by Crippen LogP contribution is 2.42. The van der Waals surface area contributed by atoms with E-state index in [4.69, 9.17) is 31.5 Å². The summed E-state index contributed by atoms with van der Waals surface area (Å²) in [5.74, 6) is -2.08. The predicted molar refractivity (Wildman–Crippen MR) is 225 cm³/mol. The molecule has 0 aliphatic rings. The van der Waals surface area contributed by atoms with Gasteiger partial charge in [-0.3, -0.25) is 4.55 Å². The molecule has 0 aliphatic carbocycles. The van der Waals surface area contributed by atoms with Crippen molar-refractivity contribution in [3.63, 3.8) is 0 Å². The molecule has 4 aromatic carbocycles. The number of aromatic nitrogens is 4. The number of para-hydroxylation sites is 1. The lowest BCUT2D eigenvalue weighted by Gasteiger charge is -2.11. The van der Waals surface area contributed by atoms with Crippen LogP contribution in [0.15, 0.2) is 95.7 Å². The van der Waals surface area contributed by atoms with E-state index in [9.17, 15) is 33.6 Å². The highest BCUT2D eigenvalue weighted by Gasteiger charge is 2.21. The first-order chi connectivity index (χ1) is 30.4. The molecule has 0 saturated carbocycles. The van der Waals surface area contributed by atoms with Crippen LogP contribution >= 0.6 is 23.1 Å². The number of carboxylic acids is 1. The second kappa shape index (κ2) is 22.6. The van der Waals surface area contributed by atoms with Gasteiger partial charge in [0.2, 0.25) is 5.88 Å². The summed E-state index contributed by atoms with van der Waals surface area (Å²) >= 11 is 2.82. The van der Waals surface area contributed by atoms with Gasteiger partial charge in [-0.2, -0.15) is 32.9 Å². The Kier molecular flexibility index (Phi) is 17.4. The number of carboxylic acid groups (broad SMARTS) is 1. The molecule has 64 heavy (non-hydrogen) atoms. The monoisotopic (exact) mass is 956 g/mol. The molecule has 0 radical (unpaired) electrons. The minimum atomic E-state index is -4.19. The molecule has 28 heteroatoms.